The predicted molar refractivity (Wildman–Crippen MR) is 61.9 cm³/mol. The average molecular weight is 294 g/mol. The van der Waals surface area contributed by atoms with E-state index in [0.29, 0.717) is 12.1 Å². The molecular weight excluding hydrogens is 284 g/mol. The van der Waals surface area contributed by atoms with Gasteiger partial charge in [0.1, 0.15) is 11.6 Å². The Morgan fingerprint density at radius 2 is 1.89 bits per heavy atom. The number of carboxylic acid groups (broad SMARTS) is 1. The third kappa shape index (κ3) is 3.62. The summed E-state index contributed by atoms with van der Waals surface area (Å²) in [7, 11) is 0. The molecule has 3 N–H and O–H groups in total. The van der Waals surface area contributed by atoms with Crippen molar-refractivity contribution in [1.82, 2.24) is 5.32 Å². The van der Waals surface area contributed by atoms with Crippen LogP contribution in [0.15, 0.2) is 12.1 Å². The average Bonchev–Trinajstić information content (AvgIpc) is 2.29. The molecule has 0 aliphatic heterocycles. The number of carbonyl (C=O) groups excluding carboxylic acids is 1. The van der Waals surface area contributed by atoms with E-state index < -0.39 is 46.2 Å². The SMILES string of the molecule is C[C@@H](O)[C@H](NC(=O)c1cc(F)c(Cl)cc1F)C(=O)O. The summed E-state index contributed by atoms with van der Waals surface area (Å²) in [6.45, 7) is 1.14. The van der Waals surface area contributed by atoms with Crippen LogP contribution in [0.5, 0.6) is 0 Å². The van der Waals surface area contributed by atoms with Gasteiger partial charge in [0.15, 0.2) is 6.04 Å². The number of aliphatic hydroxyl groups excluding tert-OH is 1. The first-order valence-electron chi connectivity index (χ1n) is 5.10. The van der Waals surface area contributed by atoms with E-state index in [0.717, 1.165) is 6.92 Å². The molecule has 0 aromatic heterocycles. The zero-order valence-corrected chi connectivity index (χ0v) is 10.4. The standard InChI is InChI=1S/C11H10ClF2NO4/c1-4(16)9(11(18)19)15-10(17)5-2-8(14)6(12)3-7(5)13/h2-4,9,16H,1H3,(H,15,17)(H,18,19)/t4-,9+/m1/s1. The second-order valence-electron chi connectivity index (χ2n) is 3.78. The summed E-state index contributed by atoms with van der Waals surface area (Å²) < 4.78 is 26.5. The summed E-state index contributed by atoms with van der Waals surface area (Å²) in [4.78, 5) is 22.4. The molecule has 0 aliphatic carbocycles. The highest BCUT2D eigenvalue weighted by Gasteiger charge is 2.27. The van der Waals surface area contributed by atoms with Gasteiger partial charge in [-0.15, -0.1) is 0 Å². The van der Waals surface area contributed by atoms with E-state index in [1.54, 1.807) is 0 Å². The number of carboxylic acids is 1. The van der Waals surface area contributed by atoms with Gasteiger partial charge < -0.3 is 15.5 Å². The van der Waals surface area contributed by atoms with Crippen LogP contribution in [-0.4, -0.2) is 34.2 Å². The first-order chi connectivity index (χ1) is 8.73. The van der Waals surface area contributed by atoms with E-state index in [4.69, 9.17) is 21.8 Å². The molecule has 1 aromatic rings. The van der Waals surface area contributed by atoms with Gasteiger partial charge in [0.05, 0.1) is 16.7 Å². The fourth-order valence-corrected chi connectivity index (χ4v) is 1.45. The summed E-state index contributed by atoms with van der Waals surface area (Å²) in [6, 6.07) is -0.483. The van der Waals surface area contributed by atoms with Crippen molar-refractivity contribution < 1.29 is 28.6 Å². The molecule has 0 saturated carbocycles. The number of halogens is 3. The summed E-state index contributed by atoms with van der Waals surface area (Å²) in [5.74, 6) is -4.78. The van der Waals surface area contributed by atoms with Crippen molar-refractivity contribution >= 4 is 23.5 Å². The van der Waals surface area contributed by atoms with Crippen molar-refractivity contribution in [3.05, 3.63) is 34.4 Å². The largest absolute Gasteiger partial charge is 0.480 e. The third-order valence-corrected chi connectivity index (χ3v) is 2.58. The summed E-state index contributed by atoms with van der Waals surface area (Å²) >= 11 is 5.32. The Labute approximate surface area is 111 Å². The Bertz CT molecular complexity index is 522. The molecule has 0 aliphatic rings. The number of nitrogens with one attached hydrogen (secondary N) is 1. The van der Waals surface area contributed by atoms with Gasteiger partial charge in [-0.25, -0.2) is 13.6 Å². The van der Waals surface area contributed by atoms with Crippen LogP contribution >= 0.6 is 11.6 Å². The number of aliphatic carboxylic acids is 1. The maximum atomic E-state index is 13.4. The molecule has 0 bridgehead atoms. The fraction of sp³-hybridized carbons (Fsp3) is 0.273. The fourth-order valence-electron chi connectivity index (χ4n) is 1.30. The number of carbonyl (C=O) groups is 2. The Kier molecular flexibility index (Phi) is 4.79. The highest BCUT2D eigenvalue weighted by Crippen LogP contribution is 2.19. The Morgan fingerprint density at radius 1 is 1.32 bits per heavy atom. The van der Waals surface area contributed by atoms with Gasteiger partial charge in [-0.3, -0.25) is 4.79 Å². The predicted octanol–water partition coefficient (Wildman–Crippen LogP) is 1.18. The van der Waals surface area contributed by atoms with Crippen molar-refractivity contribution in [1.29, 1.82) is 0 Å². The second-order valence-corrected chi connectivity index (χ2v) is 4.18. The topological polar surface area (TPSA) is 86.6 Å². The molecule has 1 aromatic carbocycles. The molecule has 0 unspecified atom stereocenters. The van der Waals surface area contributed by atoms with Crippen LogP contribution in [0.1, 0.15) is 17.3 Å². The van der Waals surface area contributed by atoms with Crippen LogP contribution in [0.2, 0.25) is 5.02 Å². The van der Waals surface area contributed by atoms with Gasteiger partial charge in [-0.2, -0.15) is 0 Å². The van der Waals surface area contributed by atoms with Gasteiger partial charge in [0.2, 0.25) is 0 Å². The van der Waals surface area contributed by atoms with Crippen LogP contribution in [0.4, 0.5) is 8.78 Å². The quantitative estimate of drug-likeness (QED) is 0.728. The van der Waals surface area contributed by atoms with E-state index in [2.05, 4.69) is 0 Å². The van der Waals surface area contributed by atoms with Crippen molar-refractivity contribution in [3.8, 4) is 0 Å². The molecule has 0 spiro atoms. The number of benzene rings is 1. The van der Waals surface area contributed by atoms with Crippen molar-refractivity contribution in [3.63, 3.8) is 0 Å². The van der Waals surface area contributed by atoms with E-state index >= 15 is 0 Å². The molecule has 19 heavy (non-hydrogen) atoms. The van der Waals surface area contributed by atoms with Crippen LogP contribution in [0, 0.1) is 11.6 Å². The normalized spacial score (nSPS) is 13.7. The zero-order chi connectivity index (χ0) is 14.7. The lowest BCUT2D eigenvalue weighted by Gasteiger charge is -2.17. The molecule has 0 radical (unpaired) electrons. The third-order valence-electron chi connectivity index (χ3n) is 2.29. The van der Waals surface area contributed by atoms with Gasteiger partial charge >= 0.3 is 5.97 Å². The van der Waals surface area contributed by atoms with Crippen molar-refractivity contribution in [2.24, 2.45) is 0 Å². The molecule has 0 fully saturated rings. The lowest BCUT2D eigenvalue weighted by molar-refractivity contribution is -0.141. The number of rotatable bonds is 4. The van der Waals surface area contributed by atoms with Gasteiger partial charge in [0.25, 0.3) is 5.91 Å². The molecule has 0 saturated heterocycles. The first kappa shape index (κ1) is 15.3. The van der Waals surface area contributed by atoms with Crippen molar-refractivity contribution in [2.75, 3.05) is 0 Å². The van der Waals surface area contributed by atoms with E-state index in [9.17, 15) is 18.4 Å². The number of hydrogen-bond acceptors (Lipinski definition) is 3. The maximum absolute atomic E-state index is 13.4. The highest BCUT2D eigenvalue weighted by atomic mass is 35.5. The zero-order valence-electron chi connectivity index (χ0n) is 9.65. The maximum Gasteiger partial charge on any atom is 0.328 e. The molecule has 8 heteroatoms. The summed E-state index contributed by atoms with van der Waals surface area (Å²) in [5.41, 5.74) is -0.700. The Morgan fingerprint density at radius 3 is 2.37 bits per heavy atom. The van der Waals surface area contributed by atoms with Gasteiger partial charge in [0, 0.05) is 0 Å². The molecule has 104 valence electrons. The van der Waals surface area contributed by atoms with Gasteiger partial charge in [-0.05, 0) is 19.1 Å². The number of hydrogen-bond donors (Lipinski definition) is 3. The van der Waals surface area contributed by atoms with E-state index in [1.807, 2.05) is 5.32 Å². The minimum Gasteiger partial charge on any atom is -0.480 e. The van der Waals surface area contributed by atoms with Crippen molar-refractivity contribution in [2.45, 2.75) is 19.1 Å². The summed E-state index contributed by atoms with van der Waals surface area (Å²) in [5, 5.41) is 19.3. The second kappa shape index (κ2) is 5.94. The highest BCUT2D eigenvalue weighted by molar-refractivity contribution is 6.30. The number of aliphatic hydroxyl groups is 1. The Balaban J connectivity index is 3.01. The van der Waals surface area contributed by atoms with Crippen LogP contribution in [-0.2, 0) is 4.79 Å². The van der Waals surface area contributed by atoms with Gasteiger partial charge in [-0.1, -0.05) is 11.6 Å². The van der Waals surface area contributed by atoms with Crippen LogP contribution in [0.3, 0.4) is 0 Å². The van der Waals surface area contributed by atoms with E-state index in [1.165, 1.54) is 0 Å². The number of amides is 1. The van der Waals surface area contributed by atoms with Crippen LogP contribution in [0.25, 0.3) is 0 Å². The molecule has 0 heterocycles. The van der Waals surface area contributed by atoms with E-state index in [-0.39, 0.29) is 0 Å². The van der Waals surface area contributed by atoms with Crippen LogP contribution < -0.4 is 5.32 Å². The first-order valence-corrected chi connectivity index (χ1v) is 5.48. The molecule has 1 rings (SSSR count). The monoisotopic (exact) mass is 293 g/mol. The minimum absolute atomic E-state index is 0.501. The minimum atomic E-state index is -1.63. The Hall–Kier alpha value is -1.73. The molecule has 2 atom stereocenters. The molecule has 1 amide bonds. The molecule has 5 nitrogen and oxygen atoms in total. The smallest absolute Gasteiger partial charge is 0.328 e. The summed E-state index contributed by atoms with van der Waals surface area (Å²) in [6.07, 6.45) is -1.40. The lowest BCUT2D eigenvalue weighted by atomic mass is 10.1. The lowest BCUT2D eigenvalue weighted by Crippen LogP contribution is -2.47. The molecular formula is C11H10ClF2NO4.